The lowest BCUT2D eigenvalue weighted by atomic mass is 9.92. The Hall–Kier alpha value is -0.260. The smallest absolute Gasteiger partial charge is 0.0208 e. The van der Waals surface area contributed by atoms with Crippen LogP contribution in [0.15, 0.2) is 12.7 Å². The first-order chi connectivity index (χ1) is 4.88. The molecule has 0 aromatic heterocycles. The van der Waals surface area contributed by atoms with Gasteiger partial charge in [0.25, 0.3) is 0 Å². The van der Waals surface area contributed by atoms with Crippen molar-refractivity contribution >= 4 is 0 Å². The van der Waals surface area contributed by atoms with Crippen molar-refractivity contribution in [1.29, 1.82) is 0 Å². The Morgan fingerprint density at radius 3 is 2.90 bits per heavy atom. The van der Waals surface area contributed by atoms with Gasteiger partial charge in [0.2, 0.25) is 0 Å². The summed E-state index contributed by atoms with van der Waals surface area (Å²) in [6.07, 6.45) is 9.19. The zero-order chi connectivity index (χ0) is 7.40. The van der Waals surface area contributed by atoms with Gasteiger partial charge in [-0.15, -0.1) is 6.58 Å². The third-order valence-corrected chi connectivity index (χ3v) is 2.68. The summed E-state index contributed by atoms with van der Waals surface area (Å²) in [5.74, 6) is 1.82. The molecule has 0 saturated heterocycles. The van der Waals surface area contributed by atoms with E-state index in [-0.39, 0.29) is 0 Å². The van der Waals surface area contributed by atoms with E-state index in [4.69, 9.17) is 0 Å². The quantitative estimate of drug-likeness (QED) is 0.524. The summed E-state index contributed by atoms with van der Waals surface area (Å²) in [6, 6.07) is 0. The Kier molecular flexibility index (Phi) is 2.98. The van der Waals surface area contributed by atoms with Gasteiger partial charge in [-0.25, -0.2) is 0 Å². The van der Waals surface area contributed by atoms with Gasteiger partial charge in [-0.05, 0) is 24.7 Å². The number of hydrogen-bond donors (Lipinski definition) is 0. The SMILES string of the molecule is C=CC1CCCC1CCC. The van der Waals surface area contributed by atoms with Gasteiger partial charge in [0.15, 0.2) is 0 Å². The Morgan fingerprint density at radius 1 is 1.50 bits per heavy atom. The van der Waals surface area contributed by atoms with Crippen LogP contribution in [-0.2, 0) is 0 Å². The first-order valence-electron chi connectivity index (χ1n) is 4.51. The van der Waals surface area contributed by atoms with Gasteiger partial charge in [-0.2, -0.15) is 0 Å². The molecule has 1 aliphatic rings. The van der Waals surface area contributed by atoms with Crippen LogP contribution in [0.5, 0.6) is 0 Å². The molecule has 2 unspecified atom stereocenters. The van der Waals surface area contributed by atoms with Crippen molar-refractivity contribution in [3.8, 4) is 0 Å². The molecule has 0 aliphatic heterocycles. The van der Waals surface area contributed by atoms with Crippen LogP contribution >= 0.6 is 0 Å². The average Bonchev–Trinajstić information content (AvgIpc) is 2.36. The fraction of sp³-hybridized carbons (Fsp3) is 0.800. The van der Waals surface area contributed by atoms with E-state index < -0.39 is 0 Å². The number of hydrogen-bond acceptors (Lipinski definition) is 0. The number of allylic oxidation sites excluding steroid dienone is 1. The molecule has 0 radical (unpaired) electrons. The van der Waals surface area contributed by atoms with E-state index in [1.54, 1.807) is 0 Å². The maximum absolute atomic E-state index is 3.88. The lowest BCUT2D eigenvalue weighted by Gasteiger charge is -2.13. The zero-order valence-electron chi connectivity index (χ0n) is 6.97. The molecule has 0 aromatic carbocycles. The molecular formula is C10H18. The lowest BCUT2D eigenvalue weighted by molar-refractivity contribution is 0.422. The molecule has 0 bridgehead atoms. The summed E-state index contributed by atoms with van der Waals surface area (Å²) in [7, 11) is 0. The van der Waals surface area contributed by atoms with Gasteiger partial charge in [0.1, 0.15) is 0 Å². The Bertz CT molecular complexity index is 105. The van der Waals surface area contributed by atoms with Crippen LogP contribution in [0, 0.1) is 11.8 Å². The zero-order valence-corrected chi connectivity index (χ0v) is 6.97. The van der Waals surface area contributed by atoms with Crippen molar-refractivity contribution in [3.63, 3.8) is 0 Å². The highest BCUT2D eigenvalue weighted by atomic mass is 14.3. The Labute approximate surface area is 64.3 Å². The molecule has 0 spiro atoms. The normalized spacial score (nSPS) is 32.5. The van der Waals surface area contributed by atoms with Gasteiger partial charge >= 0.3 is 0 Å². The maximum atomic E-state index is 3.88. The predicted molar refractivity (Wildman–Crippen MR) is 45.9 cm³/mol. The molecular weight excluding hydrogens is 120 g/mol. The topological polar surface area (TPSA) is 0 Å². The highest BCUT2D eigenvalue weighted by molar-refractivity contribution is 4.88. The molecule has 0 heteroatoms. The molecule has 10 heavy (non-hydrogen) atoms. The summed E-state index contributed by atoms with van der Waals surface area (Å²) < 4.78 is 0. The fourth-order valence-electron chi connectivity index (χ4n) is 2.11. The largest absolute Gasteiger partial charge is 0.103 e. The third kappa shape index (κ3) is 1.62. The second-order valence-corrected chi connectivity index (χ2v) is 3.38. The van der Waals surface area contributed by atoms with E-state index in [1.165, 1.54) is 32.1 Å². The molecule has 0 aromatic rings. The van der Waals surface area contributed by atoms with Gasteiger partial charge in [-0.3, -0.25) is 0 Å². The summed E-state index contributed by atoms with van der Waals surface area (Å²) in [5, 5.41) is 0. The molecule has 1 rings (SSSR count). The van der Waals surface area contributed by atoms with Crippen LogP contribution in [0.2, 0.25) is 0 Å². The molecule has 58 valence electrons. The monoisotopic (exact) mass is 138 g/mol. The molecule has 1 fully saturated rings. The van der Waals surface area contributed by atoms with Crippen LogP contribution in [0.25, 0.3) is 0 Å². The molecule has 0 N–H and O–H groups in total. The molecule has 2 atom stereocenters. The minimum absolute atomic E-state index is 0.847. The van der Waals surface area contributed by atoms with Crippen LogP contribution in [0.3, 0.4) is 0 Å². The highest BCUT2D eigenvalue weighted by Gasteiger charge is 2.23. The second kappa shape index (κ2) is 3.80. The van der Waals surface area contributed by atoms with Gasteiger partial charge in [-0.1, -0.05) is 32.3 Å². The van der Waals surface area contributed by atoms with Crippen LogP contribution in [-0.4, -0.2) is 0 Å². The van der Waals surface area contributed by atoms with Gasteiger partial charge in [0, 0.05) is 0 Å². The standard InChI is InChI=1S/C10H18/c1-3-6-10-8-5-7-9(10)4-2/h4,9-10H,2-3,5-8H2,1H3. The van der Waals surface area contributed by atoms with Crippen molar-refractivity contribution in [2.24, 2.45) is 11.8 Å². The third-order valence-electron chi connectivity index (χ3n) is 2.68. The number of rotatable bonds is 3. The van der Waals surface area contributed by atoms with E-state index in [0.717, 1.165) is 11.8 Å². The van der Waals surface area contributed by atoms with Crippen LogP contribution < -0.4 is 0 Å². The van der Waals surface area contributed by atoms with Crippen LogP contribution in [0.4, 0.5) is 0 Å². The molecule has 0 amide bonds. The van der Waals surface area contributed by atoms with E-state index in [2.05, 4.69) is 19.6 Å². The Balaban J connectivity index is 2.34. The summed E-state index contributed by atoms with van der Waals surface area (Å²) >= 11 is 0. The maximum Gasteiger partial charge on any atom is -0.0208 e. The first-order valence-corrected chi connectivity index (χ1v) is 4.51. The van der Waals surface area contributed by atoms with E-state index in [1.807, 2.05) is 0 Å². The predicted octanol–water partition coefficient (Wildman–Crippen LogP) is 3.39. The van der Waals surface area contributed by atoms with Crippen molar-refractivity contribution in [1.82, 2.24) is 0 Å². The highest BCUT2D eigenvalue weighted by Crippen LogP contribution is 2.35. The van der Waals surface area contributed by atoms with Crippen LogP contribution in [0.1, 0.15) is 39.0 Å². The van der Waals surface area contributed by atoms with Gasteiger partial charge < -0.3 is 0 Å². The fourth-order valence-corrected chi connectivity index (χ4v) is 2.11. The molecule has 0 nitrogen and oxygen atoms in total. The van der Waals surface area contributed by atoms with Crippen molar-refractivity contribution in [3.05, 3.63) is 12.7 Å². The summed E-state index contributed by atoms with van der Waals surface area (Å²) in [6.45, 7) is 6.15. The van der Waals surface area contributed by atoms with E-state index >= 15 is 0 Å². The van der Waals surface area contributed by atoms with Crippen molar-refractivity contribution in [2.45, 2.75) is 39.0 Å². The second-order valence-electron chi connectivity index (χ2n) is 3.38. The van der Waals surface area contributed by atoms with Crippen molar-refractivity contribution < 1.29 is 0 Å². The van der Waals surface area contributed by atoms with E-state index in [0.29, 0.717) is 0 Å². The van der Waals surface area contributed by atoms with Crippen molar-refractivity contribution in [2.75, 3.05) is 0 Å². The summed E-state index contributed by atoms with van der Waals surface area (Å²) in [4.78, 5) is 0. The first kappa shape index (κ1) is 7.84. The minimum Gasteiger partial charge on any atom is -0.103 e. The van der Waals surface area contributed by atoms with Gasteiger partial charge in [0.05, 0.1) is 0 Å². The molecule has 0 heterocycles. The molecule has 1 aliphatic carbocycles. The van der Waals surface area contributed by atoms with E-state index in [9.17, 15) is 0 Å². The lowest BCUT2D eigenvalue weighted by Crippen LogP contribution is -2.03. The summed E-state index contributed by atoms with van der Waals surface area (Å²) in [5.41, 5.74) is 0. The molecule has 1 saturated carbocycles. The average molecular weight is 138 g/mol. The Morgan fingerprint density at radius 2 is 2.30 bits per heavy atom. The minimum atomic E-state index is 0.847.